The lowest BCUT2D eigenvalue weighted by Gasteiger charge is -2.25. The van der Waals surface area contributed by atoms with Gasteiger partial charge in [0.1, 0.15) is 0 Å². The fourth-order valence-electron chi connectivity index (χ4n) is 1.02. The van der Waals surface area contributed by atoms with Crippen molar-refractivity contribution in [1.82, 2.24) is 0 Å². The molecule has 0 bridgehead atoms. The fourth-order valence-corrected chi connectivity index (χ4v) is 2.58. The Morgan fingerprint density at radius 2 is 1.73 bits per heavy atom. The van der Waals surface area contributed by atoms with Crippen LogP contribution in [0.3, 0.4) is 0 Å². The largest absolute Gasteiger partial charge is 0.399 e. The van der Waals surface area contributed by atoms with Crippen molar-refractivity contribution < 1.29 is 22.4 Å². The van der Waals surface area contributed by atoms with Crippen LogP contribution in [0.4, 0.5) is 8.78 Å². The standard InChI is InChI=1S/C8H18F2NO3P/c1-3-13-15(12,14-4-2)8(9,10)6-5-7-11/h3-7,11H2,1-2H3. The smallest absolute Gasteiger partial charge is 0.330 e. The molecule has 2 N–H and O–H groups in total. The highest BCUT2D eigenvalue weighted by molar-refractivity contribution is 7.55. The van der Waals surface area contributed by atoms with Gasteiger partial charge >= 0.3 is 13.3 Å². The van der Waals surface area contributed by atoms with E-state index in [1.54, 1.807) is 0 Å². The van der Waals surface area contributed by atoms with E-state index in [4.69, 9.17) is 5.73 Å². The zero-order chi connectivity index (χ0) is 11.9. The monoisotopic (exact) mass is 245 g/mol. The van der Waals surface area contributed by atoms with Gasteiger partial charge in [-0.1, -0.05) is 0 Å². The van der Waals surface area contributed by atoms with E-state index in [0.29, 0.717) is 0 Å². The van der Waals surface area contributed by atoms with Gasteiger partial charge < -0.3 is 14.8 Å². The maximum Gasteiger partial charge on any atom is 0.399 e. The summed E-state index contributed by atoms with van der Waals surface area (Å²) in [5.74, 6) is 0. The van der Waals surface area contributed by atoms with Crippen LogP contribution < -0.4 is 5.73 Å². The first-order chi connectivity index (χ1) is 6.93. The van der Waals surface area contributed by atoms with Gasteiger partial charge in [0.2, 0.25) is 0 Å². The minimum atomic E-state index is -4.34. The highest BCUT2D eigenvalue weighted by Crippen LogP contribution is 2.63. The number of halogens is 2. The average Bonchev–Trinajstić information content (AvgIpc) is 2.15. The molecule has 92 valence electrons. The van der Waals surface area contributed by atoms with E-state index >= 15 is 0 Å². The van der Waals surface area contributed by atoms with Crippen LogP contribution in [-0.2, 0) is 13.6 Å². The van der Waals surface area contributed by atoms with Crippen molar-refractivity contribution in [1.29, 1.82) is 0 Å². The quantitative estimate of drug-likeness (QED) is 0.667. The summed E-state index contributed by atoms with van der Waals surface area (Å²) in [6.45, 7) is 2.95. The molecule has 0 radical (unpaired) electrons. The van der Waals surface area contributed by atoms with E-state index in [9.17, 15) is 13.3 Å². The van der Waals surface area contributed by atoms with Crippen molar-refractivity contribution in [3.8, 4) is 0 Å². The molecule has 0 rings (SSSR count). The Bertz CT molecular complexity index is 216. The number of nitrogens with two attached hydrogens (primary N) is 1. The van der Waals surface area contributed by atoms with Gasteiger partial charge in [0.25, 0.3) is 0 Å². The summed E-state index contributed by atoms with van der Waals surface area (Å²) in [7, 11) is -4.34. The molecule has 0 amide bonds. The second kappa shape index (κ2) is 6.53. The van der Waals surface area contributed by atoms with Crippen molar-refractivity contribution in [3.05, 3.63) is 0 Å². The molecule has 0 aliphatic heterocycles. The lowest BCUT2D eigenvalue weighted by molar-refractivity contribution is 0.0305. The van der Waals surface area contributed by atoms with Crippen LogP contribution in [0.2, 0.25) is 0 Å². The fraction of sp³-hybridized carbons (Fsp3) is 1.00. The first kappa shape index (κ1) is 15.0. The first-order valence-corrected chi connectivity index (χ1v) is 6.45. The Labute approximate surface area is 88.7 Å². The summed E-state index contributed by atoms with van der Waals surface area (Å²) >= 11 is 0. The zero-order valence-electron chi connectivity index (χ0n) is 9.04. The van der Waals surface area contributed by atoms with Gasteiger partial charge in [-0.25, -0.2) is 0 Å². The molecule has 0 aromatic carbocycles. The Hall–Kier alpha value is -0.0300. The highest BCUT2D eigenvalue weighted by atomic mass is 31.2. The molecule has 0 aromatic rings. The van der Waals surface area contributed by atoms with Crippen LogP contribution in [-0.4, -0.2) is 25.4 Å². The molecule has 7 heteroatoms. The molecule has 0 fully saturated rings. The molecular formula is C8H18F2NO3P. The predicted octanol–water partition coefficient (Wildman–Crippen LogP) is 2.58. The van der Waals surface area contributed by atoms with Crippen molar-refractivity contribution >= 4 is 7.60 Å². The van der Waals surface area contributed by atoms with Gasteiger partial charge in [-0.05, 0) is 26.8 Å². The van der Waals surface area contributed by atoms with Crippen molar-refractivity contribution in [2.24, 2.45) is 5.73 Å². The van der Waals surface area contributed by atoms with Gasteiger partial charge in [0.15, 0.2) is 0 Å². The third-order valence-electron chi connectivity index (χ3n) is 1.68. The van der Waals surface area contributed by atoms with Crippen molar-refractivity contribution in [2.75, 3.05) is 19.8 Å². The summed E-state index contributed by atoms with van der Waals surface area (Å²) in [4.78, 5) is 0. The maximum absolute atomic E-state index is 13.5. The summed E-state index contributed by atoms with van der Waals surface area (Å²) in [6.07, 6.45) is -0.502. The van der Waals surface area contributed by atoms with Crippen molar-refractivity contribution in [3.63, 3.8) is 0 Å². The van der Waals surface area contributed by atoms with Crippen LogP contribution in [0.1, 0.15) is 26.7 Å². The van der Waals surface area contributed by atoms with Crippen molar-refractivity contribution in [2.45, 2.75) is 32.4 Å². The van der Waals surface area contributed by atoms with Crippen LogP contribution in [0.15, 0.2) is 0 Å². The second-order valence-electron chi connectivity index (χ2n) is 2.89. The molecule has 0 unspecified atom stereocenters. The van der Waals surface area contributed by atoms with Crippen LogP contribution >= 0.6 is 7.60 Å². The highest BCUT2D eigenvalue weighted by Gasteiger charge is 2.52. The van der Waals surface area contributed by atoms with Gasteiger partial charge in [-0.3, -0.25) is 4.57 Å². The van der Waals surface area contributed by atoms with Crippen LogP contribution in [0.5, 0.6) is 0 Å². The minimum absolute atomic E-state index is 0.0739. The summed E-state index contributed by atoms with van der Waals surface area (Å²) in [6, 6.07) is 0. The predicted molar refractivity (Wildman–Crippen MR) is 54.1 cm³/mol. The second-order valence-corrected chi connectivity index (χ2v) is 5.06. The molecule has 0 spiro atoms. The number of hydrogen-bond acceptors (Lipinski definition) is 4. The van der Waals surface area contributed by atoms with E-state index in [0.717, 1.165) is 0 Å². The van der Waals surface area contributed by atoms with Gasteiger partial charge in [0.05, 0.1) is 13.2 Å². The summed E-state index contributed by atoms with van der Waals surface area (Å²) in [5.41, 5.74) is 1.66. The van der Waals surface area contributed by atoms with E-state index in [2.05, 4.69) is 9.05 Å². The Balaban J connectivity index is 4.64. The van der Waals surface area contributed by atoms with E-state index in [1.807, 2.05) is 0 Å². The van der Waals surface area contributed by atoms with Crippen LogP contribution in [0, 0.1) is 0 Å². The molecule has 4 nitrogen and oxygen atoms in total. The molecule has 15 heavy (non-hydrogen) atoms. The third kappa shape index (κ3) is 4.15. The number of hydrogen-bond donors (Lipinski definition) is 1. The Morgan fingerprint density at radius 1 is 1.27 bits per heavy atom. The van der Waals surface area contributed by atoms with Gasteiger partial charge in [0, 0.05) is 6.42 Å². The maximum atomic E-state index is 13.5. The lowest BCUT2D eigenvalue weighted by atomic mass is 10.3. The molecule has 0 atom stereocenters. The van der Waals surface area contributed by atoms with Gasteiger partial charge in [-0.15, -0.1) is 0 Å². The molecule has 0 heterocycles. The first-order valence-electron chi connectivity index (χ1n) is 4.90. The normalized spacial score (nSPS) is 13.1. The molecule has 0 aromatic heterocycles. The summed E-state index contributed by atoms with van der Waals surface area (Å²) in [5, 5.41) is 0. The molecular weight excluding hydrogens is 227 g/mol. The SMILES string of the molecule is CCOP(=O)(OCC)C(F)(F)CCCN. The minimum Gasteiger partial charge on any atom is -0.330 e. The zero-order valence-corrected chi connectivity index (χ0v) is 9.94. The lowest BCUT2D eigenvalue weighted by Crippen LogP contribution is -2.21. The average molecular weight is 245 g/mol. The molecule has 0 aliphatic rings. The molecule has 0 saturated heterocycles. The topological polar surface area (TPSA) is 61.5 Å². The van der Waals surface area contributed by atoms with E-state index < -0.39 is 19.7 Å². The number of rotatable bonds is 8. The molecule has 0 saturated carbocycles. The Kier molecular flexibility index (Phi) is 6.52. The van der Waals surface area contributed by atoms with Gasteiger partial charge in [-0.2, -0.15) is 8.78 Å². The van der Waals surface area contributed by atoms with E-state index in [1.165, 1.54) is 13.8 Å². The molecule has 0 aliphatic carbocycles. The Morgan fingerprint density at radius 3 is 2.07 bits per heavy atom. The number of alkyl halides is 2. The van der Waals surface area contributed by atoms with Crippen LogP contribution in [0.25, 0.3) is 0 Å². The third-order valence-corrected chi connectivity index (χ3v) is 3.90. The van der Waals surface area contributed by atoms with E-state index in [-0.39, 0.29) is 26.2 Å². The summed E-state index contributed by atoms with van der Waals surface area (Å²) < 4.78 is 47.8.